The van der Waals surface area contributed by atoms with Crippen LogP contribution >= 0.6 is 31.3 Å². The molecule has 4 aliphatic rings. The molecule has 5 heterocycles. The highest BCUT2D eigenvalue weighted by Crippen LogP contribution is 2.54. The van der Waals surface area contributed by atoms with E-state index in [1.54, 1.807) is 0 Å². The van der Waals surface area contributed by atoms with E-state index in [9.17, 15) is 89.9 Å². The summed E-state index contributed by atoms with van der Waals surface area (Å²) in [6.45, 7) is -1.05. The van der Waals surface area contributed by atoms with Crippen molar-refractivity contribution in [2.75, 3.05) is 43.5 Å². The van der Waals surface area contributed by atoms with Crippen molar-refractivity contribution >= 4 is 54.9 Å². The van der Waals surface area contributed by atoms with E-state index in [0.29, 0.717) is 11.8 Å². The number of phosphoric acid groups is 1. The van der Waals surface area contributed by atoms with Crippen molar-refractivity contribution in [1.82, 2.24) is 20.2 Å². The molecule has 0 bridgehead atoms. The number of nitrogens with zero attached hydrogens (tertiary/aromatic N) is 2. The number of ether oxygens (including phenoxy) is 6. The Hall–Kier alpha value is -2.78. The normalized spacial score (nSPS) is 39.6. The number of thioether (sulfide) groups is 2. The van der Waals surface area contributed by atoms with Crippen molar-refractivity contribution < 1.29 is 123 Å². The molecule has 17 N–H and O–H groups in total. The largest absolute Gasteiger partial charge is 0.477 e. The van der Waals surface area contributed by atoms with Crippen LogP contribution in [0.2, 0.25) is 0 Å². The molecule has 70 heavy (non-hydrogen) atoms. The molecule has 2 amide bonds. The Morgan fingerprint density at radius 1 is 0.900 bits per heavy atom. The van der Waals surface area contributed by atoms with Gasteiger partial charge >= 0.3 is 19.5 Å². The van der Waals surface area contributed by atoms with Crippen LogP contribution < -0.4 is 22.1 Å². The summed E-state index contributed by atoms with van der Waals surface area (Å²) in [4.78, 5) is 64.5. The molecule has 22 atom stereocenters. The van der Waals surface area contributed by atoms with Gasteiger partial charge in [-0.05, 0) is 6.07 Å². The third-order valence-electron chi connectivity index (χ3n) is 11.4. The molecule has 400 valence electrons. The summed E-state index contributed by atoms with van der Waals surface area (Å²) < 4.78 is 58.1. The Morgan fingerprint density at radius 2 is 1.53 bits per heavy atom. The highest BCUT2D eigenvalue weighted by atomic mass is 32.2. The fraction of sp³-hybridized carbons (Fsp3) is 0.806. The maximum absolute atomic E-state index is 13.7. The van der Waals surface area contributed by atoms with Crippen molar-refractivity contribution in [2.24, 2.45) is 0 Å². The van der Waals surface area contributed by atoms with Gasteiger partial charge in [0.25, 0.3) is 5.79 Å². The van der Waals surface area contributed by atoms with Crippen molar-refractivity contribution in [3.05, 3.63) is 22.7 Å². The molecule has 1 aromatic rings. The number of amides is 2. The lowest BCUT2D eigenvalue weighted by atomic mass is 9.88. The van der Waals surface area contributed by atoms with Gasteiger partial charge in [0, 0.05) is 38.0 Å². The number of phosphoric ester groups is 1. The maximum atomic E-state index is 13.7. The van der Waals surface area contributed by atoms with Gasteiger partial charge in [-0.3, -0.25) is 18.7 Å². The van der Waals surface area contributed by atoms with Crippen LogP contribution in [0, 0.1) is 0 Å². The number of carbonyl (C=O) groups is 3. The van der Waals surface area contributed by atoms with Gasteiger partial charge in [0.2, 0.25) is 11.8 Å². The van der Waals surface area contributed by atoms with Gasteiger partial charge < -0.3 is 111 Å². The number of methoxy groups -OCH3 is 1. The van der Waals surface area contributed by atoms with Gasteiger partial charge in [-0.15, -0.1) is 23.5 Å². The maximum Gasteiger partial charge on any atom is 0.475 e. The van der Waals surface area contributed by atoms with Crippen LogP contribution in [0.1, 0.15) is 20.1 Å². The topological polar surface area (TPSA) is 490 Å². The number of rotatable bonds is 21. The molecular weight excluding hydrogens is 1010 g/mol. The van der Waals surface area contributed by atoms with Gasteiger partial charge in [0.05, 0.1) is 43.3 Å². The number of carbonyl (C=O) groups excluding carboxylic acids is 2. The lowest BCUT2D eigenvalue weighted by Gasteiger charge is -2.50. The third-order valence-corrected chi connectivity index (χ3v) is 15.1. The number of nitrogens with one attached hydrogen (secondary N) is 2. The van der Waals surface area contributed by atoms with E-state index in [0.717, 1.165) is 42.4 Å². The second-order valence-corrected chi connectivity index (χ2v) is 20.2. The Morgan fingerprint density at radius 3 is 2.11 bits per heavy atom. The average molecular weight is 1070 g/mol. The second-order valence-electron chi connectivity index (χ2n) is 16.3. The van der Waals surface area contributed by atoms with Crippen LogP contribution in [0.25, 0.3) is 0 Å². The monoisotopic (exact) mass is 1070 g/mol. The number of nitrogens with two attached hydrogens (primary N) is 1. The molecule has 0 spiro atoms. The van der Waals surface area contributed by atoms with Gasteiger partial charge in [-0.2, -0.15) is 4.98 Å². The second kappa shape index (κ2) is 24.5. The van der Waals surface area contributed by atoms with E-state index in [1.807, 2.05) is 0 Å². The summed E-state index contributed by atoms with van der Waals surface area (Å²) >= 11 is 1.19. The number of nitrogen functional groups attached to an aromatic ring is 1. The summed E-state index contributed by atoms with van der Waals surface area (Å²) in [5.41, 5.74) is 4.48. The molecule has 4 aliphatic heterocycles. The predicted octanol–water partition coefficient (Wildman–Crippen LogP) is -8.45. The number of anilines is 1. The molecule has 31 nitrogen and oxygen atoms in total. The molecule has 3 unspecified atom stereocenters. The first-order chi connectivity index (χ1) is 32.8. The number of hydrogen-bond acceptors (Lipinski definition) is 28. The lowest BCUT2D eigenvalue weighted by Crippen LogP contribution is -2.73. The Balaban J connectivity index is 1.36. The number of carboxylic acids is 1. The van der Waals surface area contributed by atoms with Crippen molar-refractivity contribution in [3.8, 4) is 0 Å². The zero-order chi connectivity index (χ0) is 52.2. The lowest BCUT2D eigenvalue weighted by molar-refractivity contribution is -0.342. The minimum absolute atomic E-state index is 0.195. The predicted molar refractivity (Wildman–Crippen MR) is 230 cm³/mol. The van der Waals surface area contributed by atoms with E-state index in [2.05, 4.69) is 15.6 Å². The highest BCUT2D eigenvalue weighted by Gasteiger charge is 2.65. The van der Waals surface area contributed by atoms with Crippen LogP contribution in [0.5, 0.6) is 0 Å². The molecule has 34 heteroatoms. The number of aliphatic carboxylic acids is 1. The first-order valence-electron chi connectivity index (χ1n) is 21.0. The molecule has 0 saturated carbocycles. The fourth-order valence-corrected chi connectivity index (χ4v) is 11.7. The number of aliphatic hydroxyl groups is 11. The van der Waals surface area contributed by atoms with E-state index < -0.39 is 184 Å². The van der Waals surface area contributed by atoms with Gasteiger partial charge in [0.15, 0.2) is 18.8 Å². The van der Waals surface area contributed by atoms with Gasteiger partial charge in [0.1, 0.15) is 85.1 Å². The number of aliphatic hydroxyl groups excluding tert-OH is 11. The average Bonchev–Trinajstić information content (AvgIpc) is 3.58. The molecular formula is C36H58N5O26PS2. The van der Waals surface area contributed by atoms with Crippen molar-refractivity contribution in [1.29, 1.82) is 0 Å². The van der Waals surface area contributed by atoms with E-state index in [1.165, 1.54) is 7.11 Å². The summed E-state index contributed by atoms with van der Waals surface area (Å²) in [7, 11) is -4.69. The molecule has 5 rings (SSSR count). The quantitative estimate of drug-likeness (QED) is 0.0309. The SMILES string of the molecule is CO[C@@H]1O[C@H](CO)[C@@H](OC2O[C@H](CSCS[C@@H]3[C@H](O)[C@@H](NC(C)=O)[C@H](C(O)[C@H](O)CO)O[C@]3(OP(=O)(O)OC[C@H]3O[C@@H](n4ccc(N)nc4=O)[C@H](O)[C@@H]3O)C(=O)O)[C@H](O)[C@H](O)[C@H]2O)[C@H](O)[C@H]1NC(C)=O. The summed E-state index contributed by atoms with van der Waals surface area (Å²) in [6, 6.07) is -1.97. The van der Waals surface area contributed by atoms with Crippen molar-refractivity contribution in [2.45, 2.75) is 141 Å². The van der Waals surface area contributed by atoms with Crippen LogP contribution in [0.15, 0.2) is 17.1 Å². The van der Waals surface area contributed by atoms with Gasteiger partial charge in [-0.25, -0.2) is 18.7 Å². The Labute approximate surface area is 404 Å². The van der Waals surface area contributed by atoms with E-state index in [4.69, 9.17) is 43.2 Å². The summed E-state index contributed by atoms with van der Waals surface area (Å²) in [5, 5.41) is 131. The van der Waals surface area contributed by atoms with Crippen LogP contribution in [0.4, 0.5) is 5.82 Å². The van der Waals surface area contributed by atoms with E-state index in [-0.39, 0.29) is 11.6 Å². The highest BCUT2D eigenvalue weighted by molar-refractivity contribution is 8.16. The smallest absolute Gasteiger partial charge is 0.475 e. The summed E-state index contributed by atoms with van der Waals surface area (Å²) in [6.07, 6.45) is -30.1. The molecule has 0 aromatic carbocycles. The zero-order valence-electron chi connectivity index (χ0n) is 37.1. The minimum Gasteiger partial charge on any atom is -0.477 e. The van der Waals surface area contributed by atoms with Crippen LogP contribution in [-0.2, 0) is 56.4 Å². The molecule has 0 aliphatic carbocycles. The molecule has 0 radical (unpaired) electrons. The third kappa shape index (κ3) is 12.9. The minimum atomic E-state index is -5.89. The molecule has 1 aromatic heterocycles. The van der Waals surface area contributed by atoms with Crippen molar-refractivity contribution in [3.63, 3.8) is 0 Å². The first kappa shape index (κ1) is 58.1. The summed E-state index contributed by atoms with van der Waals surface area (Å²) in [5.74, 6) is -7.96. The fourth-order valence-electron chi connectivity index (χ4n) is 7.97. The number of aromatic nitrogens is 2. The first-order valence-corrected chi connectivity index (χ1v) is 24.7. The van der Waals surface area contributed by atoms with Crippen LogP contribution in [0.3, 0.4) is 0 Å². The van der Waals surface area contributed by atoms with E-state index >= 15 is 0 Å². The van der Waals surface area contributed by atoms with Crippen LogP contribution in [-0.4, -0.2) is 252 Å². The number of hydrogen-bond donors (Lipinski definition) is 16. The Kier molecular flexibility index (Phi) is 20.3. The number of carboxylic acid groups (broad SMARTS) is 1. The molecule has 4 fully saturated rings. The standard InChI is InChI=1S/C36H58N5O26PS2/c1-11(44)38-18-24(51)30(70-10-69-9-16-22(49)25(52)27(54)33(64-16)65-28-14(7-43)63-32(60-3)19(23(28)50)39-12(2)45)36(34(55)56,66-29(18)20(47)13(46)6-42)67-68(58,59)61-8-15-21(48)26(53)31(62-15)41-5-4-17(37)40-35(41)57/h4-5,13-16,18-33,42-43,46-54H,6-10H2,1-3H3,(H,38,44)(H,39,45)(H,55,56)(H,58,59)(H2,37,40,57)/t13-,14-,15-,16-,18-,19-,20?,21-,22+,23-,24-,25+,26-,27-,28-,29-,30-,31-,32-,33?,36-/m1/s1. The zero-order valence-corrected chi connectivity index (χ0v) is 39.6. The van der Waals surface area contributed by atoms with Gasteiger partial charge in [-0.1, -0.05) is 0 Å². The molecule has 4 saturated heterocycles. The Bertz CT molecular complexity index is 2060.